The lowest BCUT2D eigenvalue weighted by atomic mass is 10.1. The Hall–Kier alpha value is -1.58. The van der Waals surface area contributed by atoms with Crippen LogP contribution in [-0.2, 0) is 5.33 Å². The average Bonchev–Trinajstić information content (AvgIpc) is 2.97. The van der Waals surface area contributed by atoms with Gasteiger partial charge < -0.3 is 0 Å². The van der Waals surface area contributed by atoms with E-state index in [2.05, 4.69) is 33.2 Å². The van der Waals surface area contributed by atoms with Gasteiger partial charge in [-0.3, -0.25) is 0 Å². The molecule has 0 fully saturated rings. The Morgan fingerprint density at radius 1 is 1.05 bits per heavy atom. The maximum atomic E-state index is 6.03. The number of rotatable bonds is 3. The summed E-state index contributed by atoms with van der Waals surface area (Å²) in [4.78, 5) is 0. The average molecular weight is 348 g/mol. The number of benzene rings is 2. The highest BCUT2D eigenvalue weighted by Gasteiger charge is 2.07. The van der Waals surface area contributed by atoms with E-state index in [-0.39, 0.29) is 0 Å². The molecule has 0 aliphatic heterocycles. The molecule has 3 rings (SSSR count). The number of aromatic nitrogens is 2. The first-order valence-corrected chi connectivity index (χ1v) is 7.73. The number of nitrogens with zero attached hydrogens (tertiary/aromatic N) is 2. The van der Waals surface area contributed by atoms with Crippen molar-refractivity contribution < 1.29 is 0 Å². The smallest absolute Gasteiger partial charge is 0.0687 e. The molecule has 0 saturated carbocycles. The van der Waals surface area contributed by atoms with Gasteiger partial charge in [-0.1, -0.05) is 57.9 Å². The van der Waals surface area contributed by atoms with Crippen molar-refractivity contribution in [1.29, 1.82) is 0 Å². The highest BCUT2D eigenvalue weighted by molar-refractivity contribution is 9.08. The van der Waals surface area contributed by atoms with Crippen LogP contribution in [0.4, 0.5) is 0 Å². The van der Waals surface area contributed by atoms with Crippen molar-refractivity contribution >= 4 is 27.5 Å². The zero-order valence-electron chi connectivity index (χ0n) is 10.6. The molecule has 4 heteroatoms. The Morgan fingerprint density at radius 3 is 2.60 bits per heavy atom. The minimum absolute atomic E-state index is 0.735. The predicted molar refractivity (Wildman–Crippen MR) is 86.6 cm³/mol. The van der Waals surface area contributed by atoms with Gasteiger partial charge >= 0.3 is 0 Å². The number of alkyl halides is 1. The van der Waals surface area contributed by atoms with E-state index in [0.29, 0.717) is 0 Å². The van der Waals surface area contributed by atoms with Crippen LogP contribution in [0.1, 0.15) is 5.56 Å². The van der Waals surface area contributed by atoms with Crippen LogP contribution in [0, 0.1) is 0 Å². The first-order valence-electron chi connectivity index (χ1n) is 6.23. The molecule has 0 radical (unpaired) electrons. The van der Waals surface area contributed by atoms with Gasteiger partial charge in [-0.15, -0.1) is 0 Å². The van der Waals surface area contributed by atoms with Crippen LogP contribution in [0.25, 0.3) is 16.8 Å². The monoisotopic (exact) mass is 346 g/mol. The van der Waals surface area contributed by atoms with E-state index in [1.54, 1.807) is 0 Å². The Kier molecular flexibility index (Phi) is 3.90. The Morgan fingerprint density at radius 2 is 1.85 bits per heavy atom. The first kappa shape index (κ1) is 13.4. The number of hydrogen-bond acceptors (Lipinski definition) is 1. The molecule has 20 heavy (non-hydrogen) atoms. The van der Waals surface area contributed by atoms with Gasteiger partial charge in [0.05, 0.1) is 11.9 Å². The summed E-state index contributed by atoms with van der Waals surface area (Å²) < 4.78 is 1.88. The molecule has 2 nitrogen and oxygen atoms in total. The van der Waals surface area contributed by atoms with Crippen LogP contribution < -0.4 is 0 Å². The lowest BCUT2D eigenvalue weighted by molar-refractivity contribution is 0.872. The number of hydrogen-bond donors (Lipinski definition) is 0. The molecular weight excluding hydrogens is 336 g/mol. The summed E-state index contributed by atoms with van der Waals surface area (Å²) in [6.07, 6.45) is 3.91. The fourth-order valence-corrected chi connectivity index (χ4v) is 2.76. The fraction of sp³-hybridized carbons (Fsp3) is 0.0625. The zero-order valence-corrected chi connectivity index (χ0v) is 13.0. The third kappa shape index (κ3) is 2.65. The molecule has 3 aromatic rings. The Balaban J connectivity index is 2.02. The Bertz CT molecular complexity index is 722. The summed E-state index contributed by atoms with van der Waals surface area (Å²) in [6, 6.07) is 16.0. The number of halogens is 2. The topological polar surface area (TPSA) is 17.8 Å². The van der Waals surface area contributed by atoms with Gasteiger partial charge in [-0.2, -0.15) is 5.10 Å². The molecule has 0 aliphatic carbocycles. The van der Waals surface area contributed by atoms with Crippen molar-refractivity contribution in [3.05, 3.63) is 71.5 Å². The second-order valence-electron chi connectivity index (χ2n) is 4.45. The van der Waals surface area contributed by atoms with E-state index in [4.69, 9.17) is 11.6 Å². The highest BCUT2D eigenvalue weighted by Crippen LogP contribution is 2.24. The van der Waals surface area contributed by atoms with Crippen molar-refractivity contribution in [3.63, 3.8) is 0 Å². The molecule has 0 amide bonds. The lowest BCUT2D eigenvalue weighted by Gasteiger charge is -2.07. The van der Waals surface area contributed by atoms with Gasteiger partial charge in [-0.25, -0.2) is 4.68 Å². The molecule has 0 unspecified atom stereocenters. The van der Waals surface area contributed by atoms with Crippen LogP contribution in [0.5, 0.6) is 0 Å². The maximum Gasteiger partial charge on any atom is 0.0687 e. The molecule has 0 spiro atoms. The third-order valence-corrected chi connectivity index (χ3v) is 3.96. The van der Waals surface area contributed by atoms with E-state index < -0.39 is 0 Å². The molecule has 2 aromatic carbocycles. The van der Waals surface area contributed by atoms with Crippen molar-refractivity contribution in [2.24, 2.45) is 0 Å². The first-order chi connectivity index (χ1) is 9.78. The summed E-state index contributed by atoms with van der Waals surface area (Å²) in [5, 5.41) is 5.93. The Labute approximate surface area is 131 Å². The van der Waals surface area contributed by atoms with Crippen LogP contribution in [0.3, 0.4) is 0 Å². The summed E-state index contributed by atoms with van der Waals surface area (Å²) >= 11 is 9.53. The van der Waals surface area contributed by atoms with Crippen LogP contribution in [0.2, 0.25) is 5.02 Å². The van der Waals surface area contributed by atoms with Crippen molar-refractivity contribution in [2.45, 2.75) is 5.33 Å². The van der Waals surface area contributed by atoms with Gasteiger partial charge in [0.2, 0.25) is 0 Å². The van der Waals surface area contributed by atoms with Crippen LogP contribution >= 0.6 is 27.5 Å². The quantitative estimate of drug-likeness (QED) is 0.604. The molecule has 0 atom stereocenters. The van der Waals surface area contributed by atoms with Crippen molar-refractivity contribution in [3.8, 4) is 16.8 Å². The van der Waals surface area contributed by atoms with Gasteiger partial charge in [0.15, 0.2) is 0 Å². The maximum absolute atomic E-state index is 6.03. The zero-order chi connectivity index (χ0) is 13.9. The normalized spacial score (nSPS) is 10.7. The lowest BCUT2D eigenvalue weighted by Crippen LogP contribution is -1.98. The molecule has 0 N–H and O–H groups in total. The molecule has 1 heterocycles. The van der Waals surface area contributed by atoms with Gasteiger partial charge in [0, 0.05) is 22.1 Å². The molecule has 0 aliphatic rings. The fourth-order valence-electron chi connectivity index (χ4n) is 2.12. The standard InChI is InChI=1S/C16H12BrClN2/c17-9-13-8-15(18)6-7-16(13)20-11-14(10-19-20)12-4-2-1-3-5-12/h1-8,10-11H,9H2. The van der Waals surface area contributed by atoms with E-state index >= 15 is 0 Å². The minimum atomic E-state index is 0.735. The third-order valence-electron chi connectivity index (χ3n) is 3.12. The van der Waals surface area contributed by atoms with Crippen molar-refractivity contribution in [2.75, 3.05) is 0 Å². The van der Waals surface area contributed by atoms with E-state index in [9.17, 15) is 0 Å². The second kappa shape index (κ2) is 5.81. The van der Waals surface area contributed by atoms with Crippen LogP contribution in [0.15, 0.2) is 60.9 Å². The minimum Gasteiger partial charge on any atom is -0.240 e. The van der Waals surface area contributed by atoms with E-state index in [0.717, 1.165) is 32.7 Å². The summed E-state index contributed by atoms with van der Waals surface area (Å²) in [6.45, 7) is 0. The van der Waals surface area contributed by atoms with Gasteiger partial charge in [0.1, 0.15) is 0 Å². The second-order valence-corrected chi connectivity index (χ2v) is 5.44. The van der Waals surface area contributed by atoms with Gasteiger partial charge in [-0.05, 0) is 29.3 Å². The largest absolute Gasteiger partial charge is 0.240 e. The predicted octanol–water partition coefficient (Wildman–Crippen LogP) is 5.09. The summed E-state index contributed by atoms with van der Waals surface area (Å²) in [5.41, 5.74) is 4.41. The van der Waals surface area contributed by atoms with Crippen LogP contribution in [-0.4, -0.2) is 9.78 Å². The SMILES string of the molecule is Clc1ccc(-n2cc(-c3ccccc3)cn2)c(CBr)c1. The van der Waals surface area contributed by atoms with E-state index in [1.807, 2.05) is 53.5 Å². The van der Waals surface area contributed by atoms with Crippen molar-refractivity contribution in [1.82, 2.24) is 9.78 Å². The summed E-state index contributed by atoms with van der Waals surface area (Å²) in [5.74, 6) is 0. The van der Waals surface area contributed by atoms with Gasteiger partial charge in [0.25, 0.3) is 0 Å². The molecule has 0 saturated heterocycles. The molecule has 0 bridgehead atoms. The highest BCUT2D eigenvalue weighted by atomic mass is 79.9. The van der Waals surface area contributed by atoms with E-state index in [1.165, 1.54) is 0 Å². The summed E-state index contributed by atoms with van der Waals surface area (Å²) in [7, 11) is 0. The molecular formula is C16H12BrClN2. The molecule has 1 aromatic heterocycles. The molecule has 100 valence electrons.